The van der Waals surface area contributed by atoms with Crippen LogP contribution in [-0.2, 0) is 0 Å². The molecule has 0 saturated heterocycles. The summed E-state index contributed by atoms with van der Waals surface area (Å²) in [5.74, 6) is 0.605. The van der Waals surface area contributed by atoms with Crippen molar-refractivity contribution in [1.29, 1.82) is 0 Å². The number of nitrogens with zero attached hydrogens (tertiary/aromatic N) is 1. The summed E-state index contributed by atoms with van der Waals surface area (Å²) in [7, 11) is 1.55. The number of hydrogen-bond acceptors (Lipinski definition) is 3. The van der Waals surface area contributed by atoms with Crippen molar-refractivity contribution in [2.45, 2.75) is 6.92 Å². The molecule has 0 fully saturated rings. The fourth-order valence-corrected chi connectivity index (χ4v) is 2.01. The highest BCUT2D eigenvalue weighted by atomic mass is 35.5. The molecule has 0 unspecified atom stereocenters. The van der Waals surface area contributed by atoms with Crippen molar-refractivity contribution in [2.24, 2.45) is 0 Å². The molecule has 0 radical (unpaired) electrons. The van der Waals surface area contributed by atoms with Gasteiger partial charge in [-0.15, -0.1) is 0 Å². The Kier molecular flexibility index (Phi) is 3.71. The van der Waals surface area contributed by atoms with Gasteiger partial charge >= 0.3 is 0 Å². The summed E-state index contributed by atoms with van der Waals surface area (Å²) in [6.07, 6.45) is 2.02. The van der Waals surface area contributed by atoms with Crippen LogP contribution in [0.4, 0.5) is 0 Å². The molecule has 4 nitrogen and oxygen atoms in total. The number of aldehydes is 1. The number of methoxy groups -OCH3 is 1. The largest absolute Gasteiger partial charge is 0.495 e. The number of ether oxygens (including phenoxy) is 1. The van der Waals surface area contributed by atoms with Crippen molar-refractivity contribution in [2.75, 3.05) is 7.11 Å². The van der Waals surface area contributed by atoms with Gasteiger partial charge in [0.05, 0.1) is 18.4 Å². The first-order valence-corrected chi connectivity index (χ1v) is 5.97. The van der Waals surface area contributed by atoms with E-state index in [9.17, 15) is 9.59 Å². The third-order valence-electron chi connectivity index (χ3n) is 2.80. The average Bonchev–Trinajstić information content (AvgIpc) is 2.39. The third-order valence-corrected chi connectivity index (χ3v) is 3.04. The monoisotopic (exact) mass is 277 g/mol. The van der Waals surface area contributed by atoms with Gasteiger partial charge in [0.1, 0.15) is 5.75 Å². The van der Waals surface area contributed by atoms with Gasteiger partial charge in [-0.25, -0.2) is 0 Å². The Hall–Kier alpha value is -2.07. The van der Waals surface area contributed by atoms with Gasteiger partial charge in [-0.2, -0.15) is 0 Å². The van der Waals surface area contributed by atoms with E-state index in [1.54, 1.807) is 36.8 Å². The Morgan fingerprint density at radius 2 is 2.05 bits per heavy atom. The number of aromatic nitrogens is 1. The number of benzene rings is 1. The van der Waals surface area contributed by atoms with Crippen LogP contribution in [0.15, 0.2) is 35.3 Å². The van der Waals surface area contributed by atoms with Crippen molar-refractivity contribution in [3.63, 3.8) is 0 Å². The third kappa shape index (κ3) is 2.53. The second-order valence-corrected chi connectivity index (χ2v) is 4.47. The number of carbonyl (C=O) groups excluding carboxylic acids is 1. The standard InChI is InChI=1S/C14H12ClNO3/c1-9-5-13(18)10(8-17)7-16(9)12-6-11(15)3-4-14(12)19-2/h3-8H,1-2H3. The number of pyridine rings is 1. The molecule has 19 heavy (non-hydrogen) atoms. The molecular formula is C14H12ClNO3. The van der Waals surface area contributed by atoms with Crippen molar-refractivity contribution >= 4 is 17.9 Å². The number of halogens is 1. The molecule has 0 bridgehead atoms. The molecule has 0 aliphatic rings. The quantitative estimate of drug-likeness (QED) is 0.810. The van der Waals surface area contributed by atoms with Gasteiger partial charge in [0.2, 0.25) is 0 Å². The minimum absolute atomic E-state index is 0.0904. The molecule has 0 saturated carbocycles. The molecule has 5 heteroatoms. The van der Waals surface area contributed by atoms with Gasteiger partial charge in [-0.1, -0.05) is 11.6 Å². The molecule has 0 aliphatic carbocycles. The van der Waals surface area contributed by atoms with E-state index in [-0.39, 0.29) is 11.0 Å². The van der Waals surface area contributed by atoms with Crippen molar-refractivity contribution in [1.82, 2.24) is 4.57 Å². The first kappa shape index (κ1) is 13.4. The minimum atomic E-state index is -0.301. The summed E-state index contributed by atoms with van der Waals surface area (Å²) < 4.78 is 6.97. The predicted molar refractivity (Wildman–Crippen MR) is 73.7 cm³/mol. The van der Waals surface area contributed by atoms with Crippen molar-refractivity contribution < 1.29 is 9.53 Å². The lowest BCUT2D eigenvalue weighted by Gasteiger charge is -2.15. The molecule has 1 aromatic heterocycles. The Labute approximate surface area is 115 Å². The fourth-order valence-electron chi connectivity index (χ4n) is 1.85. The maximum absolute atomic E-state index is 11.6. The first-order valence-electron chi connectivity index (χ1n) is 5.59. The van der Waals surface area contributed by atoms with Gasteiger partial charge in [0.25, 0.3) is 0 Å². The zero-order valence-electron chi connectivity index (χ0n) is 10.5. The fraction of sp³-hybridized carbons (Fsp3) is 0.143. The number of carbonyl (C=O) groups is 1. The van der Waals surface area contributed by atoms with Crippen LogP contribution in [0.5, 0.6) is 5.75 Å². The van der Waals surface area contributed by atoms with Crippen LogP contribution >= 0.6 is 11.6 Å². The first-order chi connectivity index (χ1) is 9.06. The zero-order valence-corrected chi connectivity index (χ0v) is 11.3. The molecule has 2 rings (SSSR count). The maximum atomic E-state index is 11.6. The Morgan fingerprint density at radius 1 is 1.32 bits per heavy atom. The topological polar surface area (TPSA) is 48.3 Å². The van der Waals surface area contributed by atoms with Crippen LogP contribution in [0.25, 0.3) is 5.69 Å². The van der Waals surface area contributed by atoms with E-state index in [1.807, 2.05) is 0 Å². The zero-order chi connectivity index (χ0) is 14.0. The Bertz CT molecular complexity index is 692. The number of aryl methyl sites for hydroxylation is 1. The molecule has 98 valence electrons. The molecule has 0 atom stereocenters. The van der Waals surface area contributed by atoms with Crippen LogP contribution in [0.2, 0.25) is 5.02 Å². The summed E-state index contributed by atoms with van der Waals surface area (Å²) in [5, 5.41) is 0.543. The van der Waals surface area contributed by atoms with E-state index < -0.39 is 0 Å². The highest BCUT2D eigenvalue weighted by molar-refractivity contribution is 6.30. The Morgan fingerprint density at radius 3 is 2.68 bits per heavy atom. The highest BCUT2D eigenvalue weighted by Gasteiger charge is 2.10. The molecular weight excluding hydrogens is 266 g/mol. The van der Waals surface area contributed by atoms with Gasteiger partial charge in [-0.05, 0) is 25.1 Å². The van der Waals surface area contributed by atoms with Crippen LogP contribution in [0, 0.1) is 6.92 Å². The number of rotatable bonds is 3. The molecule has 2 aromatic rings. The van der Waals surface area contributed by atoms with Gasteiger partial charge < -0.3 is 9.30 Å². The normalized spacial score (nSPS) is 10.3. The second kappa shape index (κ2) is 5.28. The summed E-state index contributed by atoms with van der Waals surface area (Å²) >= 11 is 5.98. The second-order valence-electron chi connectivity index (χ2n) is 4.04. The van der Waals surface area contributed by atoms with Crippen LogP contribution in [0.1, 0.15) is 16.1 Å². The predicted octanol–water partition coefficient (Wildman–Crippen LogP) is 2.62. The Balaban J connectivity index is 2.74. The maximum Gasteiger partial charge on any atom is 0.192 e. The summed E-state index contributed by atoms with van der Waals surface area (Å²) in [5.41, 5.74) is 1.16. The van der Waals surface area contributed by atoms with Gasteiger partial charge in [0.15, 0.2) is 11.7 Å². The minimum Gasteiger partial charge on any atom is -0.495 e. The van der Waals surface area contributed by atoms with Crippen molar-refractivity contribution in [3.8, 4) is 11.4 Å². The summed E-state index contributed by atoms with van der Waals surface area (Å²) in [6, 6.07) is 6.56. The van der Waals surface area contributed by atoms with Crippen molar-refractivity contribution in [3.05, 3.63) is 57.0 Å². The van der Waals surface area contributed by atoms with E-state index in [1.165, 1.54) is 12.3 Å². The van der Waals surface area contributed by atoms with Crippen LogP contribution in [-0.4, -0.2) is 18.0 Å². The smallest absolute Gasteiger partial charge is 0.192 e. The molecule has 1 heterocycles. The lowest BCUT2D eigenvalue weighted by atomic mass is 10.2. The molecule has 0 N–H and O–H groups in total. The molecule has 0 aliphatic heterocycles. The van der Waals surface area contributed by atoms with Gasteiger partial charge in [-0.3, -0.25) is 9.59 Å². The summed E-state index contributed by atoms with van der Waals surface area (Å²) in [4.78, 5) is 22.4. The van der Waals surface area contributed by atoms with E-state index in [4.69, 9.17) is 16.3 Å². The molecule has 0 amide bonds. The lowest BCUT2D eigenvalue weighted by molar-refractivity contribution is 0.112. The van der Waals surface area contributed by atoms with Gasteiger partial charge in [0, 0.05) is 23.0 Å². The van der Waals surface area contributed by atoms with E-state index in [0.717, 1.165) is 0 Å². The number of hydrogen-bond donors (Lipinski definition) is 0. The molecule has 0 spiro atoms. The van der Waals surface area contributed by atoms with E-state index >= 15 is 0 Å². The highest BCUT2D eigenvalue weighted by Crippen LogP contribution is 2.27. The van der Waals surface area contributed by atoms with E-state index in [0.29, 0.717) is 28.4 Å². The lowest BCUT2D eigenvalue weighted by Crippen LogP contribution is -2.14. The average molecular weight is 278 g/mol. The molecule has 1 aromatic carbocycles. The van der Waals surface area contributed by atoms with E-state index in [2.05, 4.69) is 0 Å². The SMILES string of the molecule is COc1ccc(Cl)cc1-n1cc(C=O)c(=O)cc1C. The van der Waals surface area contributed by atoms with Crippen LogP contribution < -0.4 is 10.2 Å². The summed E-state index contributed by atoms with van der Waals surface area (Å²) in [6.45, 7) is 1.77. The van der Waals surface area contributed by atoms with Crippen LogP contribution in [0.3, 0.4) is 0 Å².